The lowest BCUT2D eigenvalue weighted by atomic mass is 10.1. The second-order valence-corrected chi connectivity index (χ2v) is 7.01. The van der Waals surface area contributed by atoms with Gasteiger partial charge in [-0.05, 0) is 25.5 Å². The number of nitrogens with zero attached hydrogens (tertiary/aromatic N) is 3. The first-order valence-electron chi connectivity index (χ1n) is 8.87. The molecule has 0 radical (unpaired) electrons. The number of halogens is 1. The lowest BCUT2D eigenvalue weighted by molar-refractivity contribution is 0.479. The molecular weight excluding hydrogens is 348 g/mol. The third kappa shape index (κ3) is 2.53. The molecule has 1 fully saturated rings. The SMILES string of the molecule is Clc1c(-c2c[nH]c3ccccc23)nc(NC2CCCNC2)c2nccn12. The van der Waals surface area contributed by atoms with Crippen LogP contribution in [0.1, 0.15) is 12.8 Å². The number of aromatic amines is 1. The molecule has 0 bridgehead atoms. The molecule has 0 saturated carbocycles. The zero-order valence-electron chi connectivity index (χ0n) is 14.2. The summed E-state index contributed by atoms with van der Waals surface area (Å²) in [7, 11) is 0. The number of nitrogens with one attached hydrogen (secondary N) is 3. The van der Waals surface area contributed by atoms with Gasteiger partial charge in [0.15, 0.2) is 11.5 Å². The molecule has 3 N–H and O–H groups in total. The Morgan fingerprint density at radius 2 is 2.19 bits per heavy atom. The Labute approximate surface area is 155 Å². The van der Waals surface area contributed by atoms with Gasteiger partial charge in [-0.15, -0.1) is 0 Å². The minimum Gasteiger partial charge on any atom is -0.363 e. The summed E-state index contributed by atoms with van der Waals surface area (Å²) in [6.45, 7) is 2.01. The highest BCUT2D eigenvalue weighted by Gasteiger charge is 2.20. The molecule has 7 heteroatoms. The molecule has 1 aliphatic heterocycles. The van der Waals surface area contributed by atoms with E-state index in [0.717, 1.165) is 59.6 Å². The van der Waals surface area contributed by atoms with Gasteiger partial charge in [0.2, 0.25) is 0 Å². The molecule has 1 atom stereocenters. The smallest absolute Gasteiger partial charge is 0.181 e. The Morgan fingerprint density at radius 3 is 3.08 bits per heavy atom. The van der Waals surface area contributed by atoms with E-state index in [1.54, 1.807) is 6.20 Å². The minimum atomic E-state index is 0.341. The van der Waals surface area contributed by atoms with Crippen LogP contribution in [0, 0.1) is 0 Å². The van der Waals surface area contributed by atoms with Crippen LogP contribution in [0.2, 0.25) is 5.15 Å². The summed E-state index contributed by atoms with van der Waals surface area (Å²) in [4.78, 5) is 12.6. The Bertz CT molecular complexity index is 1080. The van der Waals surface area contributed by atoms with Gasteiger partial charge in [-0.25, -0.2) is 9.97 Å². The largest absolute Gasteiger partial charge is 0.363 e. The molecule has 0 amide bonds. The average molecular weight is 367 g/mol. The molecule has 3 aromatic heterocycles. The van der Waals surface area contributed by atoms with E-state index in [1.165, 1.54) is 0 Å². The van der Waals surface area contributed by atoms with Crippen molar-refractivity contribution < 1.29 is 0 Å². The van der Waals surface area contributed by atoms with Crippen LogP contribution < -0.4 is 10.6 Å². The van der Waals surface area contributed by atoms with Crippen LogP contribution >= 0.6 is 11.6 Å². The number of anilines is 1. The van der Waals surface area contributed by atoms with Crippen molar-refractivity contribution in [2.45, 2.75) is 18.9 Å². The zero-order valence-corrected chi connectivity index (χ0v) is 14.9. The summed E-state index contributed by atoms with van der Waals surface area (Å²) in [5.74, 6) is 0.772. The fraction of sp³-hybridized carbons (Fsp3) is 0.263. The third-order valence-electron chi connectivity index (χ3n) is 4.97. The fourth-order valence-electron chi connectivity index (χ4n) is 3.66. The summed E-state index contributed by atoms with van der Waals surface area (Å²) < 4.78 is 1.89. The molecule has 4 heterocycles. The van der Waals surface area contributed by atoms with Crippen molar-refractivity contribution in [2.75, 3.05) is 18.4 Å². The highest BCUT2D eigenvalue weighted by atomic mass is 35.5. The molecule has 1 aromatic carbocycles. The van der Waals surface area contributed by atoms with Crippen LogP contribution in [0.15, 0.2) is 42.9 Å². The number of benzene rings is 1. The van der Waals surface area contributed by atoms with Crippen molar-refractivity contribution >= 4 is 34.0 Å². The second kappa shape index (κ2) is 6.30. The lowest BCUT2D eigenvalue weighted by Crippen LogP contribution is -2.38. The number of piperidine rings is 1. The van der Waals surface area contributed by atoms with E-state index in [0.29, 0.717) is 11.2 Å². The molecule has 4 aromatic rings. The van der Waals surface area contributed by atoms with Gasteiger partial charge in [0.25, 0.3) is 0 Å². The normalized spacial score (nSPS) is 17.8. The maximum Gasteiger partial charge on any atom is 0.181 e. The molecule has 132 valence electrons. The van der Waals surface area contributed by atoms with Crippen molar-refractivity contribution in [1.29, 1.82) is 0 Å². The maximum absolute atomic E-state index is 6.70. The van der Waals surface area contributed by atoms with Gasteiger partial charge in [-0.1, -0.05) is 29.8 Å². The van der Waals surface area contributed by atoms with Crippen molar-refractivity contribution in [1.82, 2.24) is 24.7 Å². The molecule has 1 unspecified atom stereocenters. The number of imidazole rings is 1. The first-order valence-corrected chi connectivity index (χ1v) is 9.25. The minimum absolute atomic E-state index is 0.341. The van der Waals surface area contributed by atoms with Gasteiger partial charge in [0.05, 0.1) is 0 Å². The number of H-pyrrole nitrogens is 1. The molecule has 6 nitrogen and oxygen atoms in total. The average Bonchev–Trinajstić information content (AvgIpc) is 3.32. The number of hydrogen-bond acceptors (Lipinski definition) is 4. The predicted molar refractivity (Wildman–Crippen MR) is 105 cm³/mol. The highest BCUT2D eigenvalue weighted by Crippen LogP contribution is 2.34. The number of para-hydroxylation sites is 1. The van der Waals surface area contributed by atoms with Gasteiger partial charge < -0.3 is 15.6 Å². The summed E-state index contributed by atoms with van der Waals surface area (Å²) in [6.07, 6.45) is 7.87. The molecule has 0 aliphatic carbocycles. The van der Waals surface area contributed by atoms with E-state index >= 15 is 0 Å². The summed E-state index contributed by atoms with van der Waals surface area (Å²) in [5.41, 5.74) is 3.56. The van der Waals surface area contributed by atoms with Crippen molar-refractivity contribution in [3.05, 3.63) is 48.0 Å². The van der Waals surface area contributed by atoms with E-state index < -0.39 is 0 Å². The van der Waals surface area contributed by atoms with E-state index in [1.807, 2.05) is 28.9 Å². The molecular formula is C19H19ClN6. The van der Waals surface area contributed by atoms with Crippen LogP contribution in [0.25, 0.3) is 27.8 Å². The Morgan fingerprint density at radius 1 is 1.27 bits per heavy atom. The number of hydrogen-bond donors (Lipinski definition) is 3. The standard InChI is InChI=1S/C19H19ClN6/c20-17-16(14-11-23-15-6-2-1-5-13(14)15)25-18(19-22-8-9-26(17)19)24-12-4-3-7-21-10-12/h1-2,5-6,8-9,11-12,21,23H,3-4,7,10H2,(H,24,25). The Balaban J connectivity index is 1.66. The zero-order chi connectivity index (χ0) is 17.5. The van der Waals surface area contributed by atoms with E-state index in [9.17, 15) is 0 Å². The van der Waals surface area contributed by atoms with Crippen LogP contribution in [-0.2, 0) is 0 Å². The first kappa shape index (κ1) is 15.7. The van der Waals surface area contributed by atoms with Gasteiger partial charge in [-0.2, -0.15) is 0 Å². The number of aromatic nitrogens is 4. The van der Waals surface area contributed by atoms with Crippen LogP contribution in [0.5, 0.6) is 0 Å². The Kier molecular flexibility index (Phi) is 3.80. The maximum atomic E-state index is 6.70. The summed E-state index contributed by atoms with van der Waals surface area (Å²) in [6, 6.07) is 8.51. The predicted octanol–water partition coefficient (Wildman–Crippen LogP) is 3.69. The van der Waals surface area contributed by atoms with Gasteiger partial charge in [0.1, 0.15) is 10.8 Å². The quantitative estimate of drug-likeness (QED) is 0.517. The van der Waals surface area contributed by atoms with E-state index in [4.69, 9.17) is 16.6 Å². The van der Waals surface area contributed by atoms with Crippen LogP contribution in [0.4, 0.5) is 5.82 Å². The van der Waals surface area contributed by atoms with Crippen molar-refractivity contribution in [2.24, 2.45) is 0 Å². The molecule has 1 aliphatic rings. The molecule has 0 spiro atoms. The van der Waals surface area contributed by atoms with Crippen LogP contribution in [0.3, 0.4) is 0 Å². The third-order valence-corrected chi connectivity index (χ3v) is 5.33. The molecule has 5 rings (SSSR count). The topological polar surface area (TPSA) is 70.0 Å². The van der Waals surface area contributed by atoms with Crippen LogP contribution in [-0.4, -0.2) is 38.5 Å². The van der Waals surface area contributed by atoms with Gasteiger partial charge in [-0.3, -0.25) is 4.40 Å². The first-order chi connectivity index (χ1) is 12.8. The van der Waals surface area contributed by atoms with Crippen molar-refractivity contribution in [3.63, 3.8) is 0 Å². The van der Waals surface area contributed by atoms with E-state index in [-0.39, 0.29) is 0 Å². The summed E-state index contributed by atoms with van der Waals surface area (Å²) >= 11 is 6.70. The number of rotatable bonds is 3. The monoisotopic (exact) mass is 366 g/mol. The van der Waals surface area contributed by atoms with Gasteiger partial charge >= 0.3 is 0 Å². The van der Waals surface area contributed by atoms with Gasteiger partial charge in [0, 0.05) is 47.6 Å². The fourth-order valence-corrected chi connectivity index (χ4v) is 3.94. The summed E-state index contributed by atoms with van der Waals surface area (Å²) in [5, 5.41) is 8.66. The number of fused-ring (bicyclic) bond motifs is 2. The lowest BCUT2D eigenvalue weighted by Gasteiger charge is -2.24. The second-order valence-electron chi connectivity index (χ2n) is 6.66. The molecule has 1 saturated heterocycles. The van der Waals surface area contributed by atoms with Crippen molar-refractivity contribution in [3.8, 4) is 11.3 Å². The van der Waals surface area contributed by atoms with E-state index in [2.05, 4.69) is 32.7 Å². The Hall–Kier alpha value is -2.57. The highest BCUT2D eigenvalue weighted by molar-refractivity contribution is 6.32. The molecule has 26 heavy (non-hydrogen) atoms.